The van der Waals surface area contributed by atoms with Gasteiger partial charge in [-0.15, -0.1) is 0 Å². The van der Waals surface area contributed by atoms with Crippen molar-refractivity contribution in [3.05, 3.63) is 52.0 Å². The summed E-state index contributed by atoms with van der Waals surface area (Å²) in [6, 6.07) is 10.2. The van der Waals surface area contributed by atoms with E-state index in [2.05, 4.69) is 16.0 Å². The molecule has 9 heteroatoms. The molecule has 0 heterocycles. The first kappa shape index (κ1) is 23.7. The summed E-state index contributed by atoms with van der Waals surface area (Å²) in [7, 11) is 0. The summed E-state index contributed by atoms with van der Waals surface area (Å²) in [5, 5.41) is 8.88. The molecule has 0 aromatic heterocycles. The molecule has 7 nitrogen and oxygen atoms in total. The lowest BCUT2D eigenvalue weighted by molar-refractivity contribution is -0.120. The van der Waals surface area contributed by atoms with Gasteiger partial charge in [-0.25, -0.2) is 0 Å². The van der Waals surface area contributed by atoms with Crippen LogP contribution in [0.25, 0.3) is 0 Å². The second-order valence-corrected chi connectivity index (χ2v) is 7.50. The van der Waals surface area contributed by atoms with Crippen LogP contribution in [0.1, 0.15) is 19.4 Å². The van der Waals surface area contributed by atoms with Gasteiger partial charge < -0.3 is 16.0 Å². The fraction of sp³-hybridized carbons (Fsp3) is 0.286. The van der Waals surface area contributed by atoms with Gasteiger partial charge in [0.2, 0.25) is 17.7 Å². The Morgan fingerprint density at radius 3 is 1.93 bits per heavy atom. The minimum Gasteiger partial charge on any atom is -0.326 e. The van der Waals surface area contributed by atoms with Gasteiger partial charge in [0.25, 0.3) is 0 Å². The number of hydrogen-bond acceptors (Lipinski definition) is 4. The highest BCUT2D eigenvalue weighted by Gasteiger charge is 2.16. The number of nitrogens with one attached hydrogen (secondary N) is 3. The molecule has 0 bridgehead atoms. The lowest BCUT2D eigenvalue weighted by atomic mass is 10.2. The van der Waals surface area contributed by atoms with Crippen molar-refractivity contribution in [2.24, 2.45) is 0 Å². The first-order valence-corrected chi connectivity index (χ1v) is 10.1. The first-order valence-electron chi connectivity index (χ1n) is 9.34. The SMILES string of the molecule is CCN(CC(=O)Nc1ccc(NC(C)=O)cc1)CC(=O)Nc1c(Cl)ccc(C)c1Cl. The van der Waals surface area contributed by atoms with Crippen LogP contribution in [0.3, 0.4) is 0 Å². The zero-order valence-electron chi connectivity index (χ0n) is 17.0. The highest BCUT2D eigenvalue weighted by Crippen LogP contribution is 2.32. The van der Waals surface area contributed by atoms with Crippen molar-refractivity contribution in [3.63, 3.8) is 0 Å². The van der Waals surface area contributed by atoms with Gasteiger partial charge in [-0.2, -0.15) is 0 Å². The Hall–Kier alpha value is -2.61. The number of nitrogens with zero attached hydrogens (tertiary/aromatic N) is 1. The molecule has 0 unspecified atom stereocenters. The Labute approximate surface area is 185 Å². The third kappa shape index (κ3) is 7.02. The molecular weight excluding hydrogens is 427 g/mol. The number of halogens is 2. The van der Waals surface area contributed by atoms with Gasteiger partial charge >= 0.3 is 0 Å². The van der Waals surface area contributed by atoms with Crippen LogP contribution in [0.4, 0.5) is 17.1 Å². The van der Waals surface area contributed by atoms with Gasteiger partial charge in [-0.1, -0.05) is 36.2 Å². The Morgan fingerprint density at radius 2 is 1.40 bits per heavy atom. The zero-order valence-corrected chi connectivity index (χ0v) is 18.5. The topological polar surface area (TPSA) is 90.5 Å². The molecule has 0 saturated heterocycles. The van der Waals surface area contributed by atoms with Crippen molar-refractivity contribution in [3.8, 4) is 0 Å². The lowest BCUT2D eigenvalue weighted by Crippen LogP contribution is -2.38. The Kier molecular flexibility index (Phi) is 8.65. The standard InChI is InChI=1S/C21H24Cl2N4O3/c1-4-27(12-19(30)26-21-17(22)10-5-13(2)20(21)23)11-18(29)25-16-8-6-15(7-9-16)24-14(3)28/h5-10H,4,11-12H2,1-3H3,(H,24,28)(H,25,29)(H,26,30). The van der Waals surface area contributed by atoms with Crippen molar-refractivity contribution < 1.29 is 14.4 Å². The number of benzene rings is 2. The van der Waals surface area contributed by atoms with Gasteiger partial charge in [0, 0.05) is 18.3 Å². The van der Waals surface area contributed by atoms with Gasteiger partial charge in [-0.05, 0) is 49.4 Å². The molecular formula is C21H24Cl2N4O3. The van der Waals surface area contributed by atoms with E-state index in [9.17, 15) is 14.4 Å². The predicted molar refractivity (Wildman–Crippen MR) is 121 cm³/mol. The fourth-order valence-corrected chi connectivity index (χ4v) is 3.14. The second kappa shape index (κ2) is 11.0. The van der Waals surface area contributed by atoms with E-state index in [1.54, 1.807) is 41.3 Å². The van der Waals surface area contributed by atoms with Crippen LogP contribution >= 0.6 is 23.2 Å². The average Bonchev–Trinajstić information content (AvgIpc) is 2.68. The minimum atomic E-state index is -0.321. The maximum absolute atomic E-state index is 12.4. The molecule has 160 valence electrons. The molecule has 0 aliphatic carbocycles. The average molecular weight is 451 g/mol. The van der Waals surface area contributed by atoms with Crippen molar-refractivity contribution in [2.45, 2.75) is 20.8 Å². The smallest absolute Gasteiger partial charge is 0.238 e. The molecule has 0 saturated carbocycles. The van der Waals surface area contributed by atoms with Gasteiger partial charge in [0.05, 0.1) is 28.8 Å². The molecule has 3 amide bonds. The maximum atomic E-state index is 12.4. The zero-order chi connectivity index (χ0) is 22.3. The molecule has 3 N–H and O–H groups in total. The number of amides is 3. The molecule has 0 spiro atoms. The Bertz CT molecular complexity index is 933. The van der Waals surface area contributed by atoms with Crippen LogP contribution in [0, 0.1) is 6.92 Å². The summed E-state index contributed by atoms with van der Waals surface area (Å²) >= 11 is 12.4. The number of rotatable bonds is 8. The molecule has 0 radical (unpaired) electrons. The number of hydrogen-bond donors (Lipinski definition) is 3. The van der Waals surface area contributed by atoms with E-state index in [1.165, 1.54) is 6.92 Å². The number of carbonyl (C=O) groups excluding carboxylic acids is 3. The van der Waals surface area contributed by atoms with E-state index in [-0.39, 0.29) is 30.8 Å². The number of carbonyl (C=O) groups is 3. The van der Waals surface area contributed by atoms with Gasteiger partial charge in [0.1, 0.15) is 0 Å². The first-order chi connectivity index (χ1) is 14.2. The normalized spacial score (nSPS) is 10.6. The van der Waals surface area contributed by atoms with Crippen molar-refractivity contribution >= 4 is 58.0 Å². The maximum Gasteiger partial charge on any atom is 0.238 e. The third-order valence-corrected chi connectivity index (χ3v) is 5.02. The van der Waals surface area contributed by atoms with Crippen LogP contribution in [0.5, 0.6) is 0 Å². The third-order valence-electron chi connectivity index (χ3n) is 4.22. The molecule has 0 fully saturated rings. The largest absolute Gasteiger partial charge is 0.326 e. The van der Waals surface area contributed by atoms with Crippen molar-refractivity contribution in [1.82, 2.24) is 4.90 Å². The van der Waals surface area contributed by atoms with E-state index in [4.69, 9.17) is 23.2 Å². The number of likely N-dealkylation sites (N-methyl/N-ethyl adjacent to an activating group) is 1. The molecule has 0 atom stereocenters. The summed E-state index contributed by atoms with van der Waals surface area (Å²) in [5.41, 5.74) is 2.39. The monoisotopic (exact) mass is 450 g/mol. The lowest BCUT2D eigenvalue weighted by Gasteiger charge is -2.20. The highest BCUT2D eigenvalue weighted by atomic mass is 35.5. The molecule has 0 aliphatic heterocycles. The van der Waals surface area contributed by atoms with E-state index < -0.39 is 0 Å². The van der Waals surface area contributed by atoms with Crippen molar-refractivity contribution in [2.75, 3.05) is 35.6 Å². The van der Waals surface area contributed by atoms with Crippen molar-refractivity contribution in [1.29, 1.82) is 0 Å². The summed E-state index contributed by atoms with van der Waals surface area (Å²) < 4.78 is 0. The van der Waals surface area contributed by atoms with Crippen LogP contribution < -0.4 is 16.0 Å². The predicted octanol–water partition coefficient (Wildman–Crippen LogP) is 4.16. The van der Waals surface area contributed by atoms with E-state index in [0.29, 0.717) is 33.7 Å². The Morgan fingerprint density at radius 1 is 0.867 bits per heavy atom. The van der Waals surface area contributed by atoms with Crippen LogP contribution in [-0.2, 0) is 14.4 Å². The second-order valence-electron chi connectivity index (χ2n) is 6.71. The highest BCUT2D eigenvalue weighted by molar-refractivity contribution is 6.40. The quantitative estimate of drug-likeness (QED) is 0.562. The summed E-state index contributed by atoms with van der Waals surface area (Å²) in [6.07, 6.45) is 0. The van der Waals surface area contributed by atoms with Crippen LogP contribution in [0.2, 0.25) is 10.0 Å². The summed E-state index contributed by atoms with van der Waals surface area (Å²) in [4.78, 5) is 37.5. The molecule has 30 heavy (non-hydrogen) atoms. The molecule has 2 rings (SSSR count). The van der Waals surface area contributed by atoms with Gasteiger partial charge in [0.15, 0.2) is 0 Å². The number of anilines is 3. The summed E-state index contributed by atoms with van der Waals surface area (Å²) in [6.45, 7) is 5.64. The van der Waals surface area contributed by atoms with Crippen LogP contribution in [-0.4, -0.2) is 42.3 Å². The Balaban J connectivity index is 1.92. The van der Waals surface area contributed by atoms with Crippen LogP contribution in [0.15, 0.2) is 36.4 Å². The van der Waals surface area contributed by atoms with E-state index >= 15 is 0 Å². The molecule has 2 aromatic rings. The summed E-state index contributed by atoms with van der Waals surface area (Å²) in [5.74, 6) is -0.751. The fourth-order valence-electron chi connectivity index (χ4n) is 2.68. The molecule has 2 aromatic carbocycles. The van der Waals surface area contributed by atoms with E-state index in [0.717, 1.165) is 5.56 Å². The van der Waals surface area contributed by atoms with Gasteiger partial charge in [-0.3, -0.25) is 19.3 Å². The number of aryl methyl sites for hydroxylation is 1. The molecule has 0 aliphatic rings. The minimum absolute atomic E-state index is 0.00594. The van der Waals surface area contributed by atoms with E-state index in [1.807, 2.05) is 13.8 Å².